The highest BCUT2D eigenvalue weighted by atomic mass is 32.2. The second kappa shape index (κ2) is 7.84. The summed E-state index contributed by atoms with van der Waals surface area (Å²) in [6.07, 6.45) is 3.03. The fourth-order valence-corrected chi connectivity index (χ4v) is 3.90. The van der Waals surface area contributed by atoms with Gasteiger partial charge in [0.25, 0.3) is 0 Å². The molecule has 29 heavy (non-hydrogen) atoms. The molecule has 0 unspecified atom stereocenters. The Hall–Kier alpha value is -3.52. The molecule has 7 nitrogen and oxygen atoms in total. The van der Waals surface area contributed by atoms with Crippen molar-refractivity contribution >= 4 is 39.9 Å². The lowest BCUT2D eigenvalue weighted by atomic mass is 10.1. The van der Waals surface area contributed by atoms with Crippen LogP contribution in [0.5, 0.6) is 0 Å². The molecule has 2 aromatic carbocycles. The van der Waals surface area contributed by atoms with Crippen LogP contribution in [0.4, 0.5) is 17.2 Å². The fraction of sp³-hybridized carbons (Fsp3) is 0.0952. The van der Waals surface area contributed by atoms with Gasteiger partial charge in [-0.05, 0) is 49.2 Å². The van der Waals surface area contributed by atoms with Crippen LogP contribution in [0.1, 0.15) is 11.1 Å². The number of nitro groups is 1. The van der Waals surface area contributed by atoms with Crippen molar-refractivity contribution in [2.24, 2.45) is 0 Å². The molecule has 0 aliphatic carbocycles. The van der Waals surface area contributed by atoms with Crippen LogP contribution < -0.4 is 5.32 Å². The lowest BCUT2D eigenvalue weighted by Crippen LogP contribution is -2.03. The second-order valence-corrected chi connectivity index (χ2v) is 7.52. The van der Waals surface area contributed by atoms with Crippen LogP contribution in [0, 0.1) is 24.0 Å². The minimum Gasteiger partial charge on any atom is -0.334 e. The van der Waals surface area contributed by atoms with Crippen LogP contribution in [0.15, 0.2) is 71.0 Å². The number of hydrogen-bond donors (Lipinski definition) is 1. The summed E-state index contributed by atoms with van der Waals surface area (Å²) in [5, 5.41) is 16.1. The van der Waals surface area contributed by atoms with E-state index in [9.17, 15) is 10.1 Å². The normalized spacial score (nSPS) is 10.8. The maximum absolute atomic E-state index is 11.9. The lowest BCUT2D eigenvalue weighted by molar-refractivity contribution is -0.387. The summed E-state index contributed by atoms with van der Waals surface area (Å²) in [4.78, 5) is 24.9. The van der Waals surface area contributed by atoms with Crippen molar-refractivity contribution in [2.45, 2.75) is 23.8 Å². The molecule has 0 bridgehead atoms. The molecule has 4 aromatic rings. The van der Waals surface area contributed by atoms with Gasteiger partial charge in [-0.25, -0.2) is 9.97 Å². The number of nitrogens with one attached hydrogen (secondary N) is 1. The summed E-state index contributed by atoms with van der Waals surface area (Å²) in [6.45, 7) is 4.00. The van der Waals surface area contributed by atoms with Gasteiger partial charge in [0.1, 0.15) is 6.33 Å². The van der Waals surface area contributed by atoms with E-state index in [1.54, 1.807) is 6.20 Å². The molecule has 0 saturated heterocycles. The van der Waals surface area contributed by atoms with E-state index < -0.39 is 4.92 Å². The van der Waals surface area contributed by atoms with E-state index in [-0.39, 0.29) is 16.5 Å². The molecule has 0 spiro atoms. The zero-order valence-electron chi connectivity index (χ0n) is 15.8. The summed E-state index contributed by atoms with van der Waals surface area (Å²) >= 11 is 1.21. The van der Waals surface area contributed by atoms with E-state index in [0.29, 0.717) is 0 Å². The number of aryl methyl sites for hydroxylation is 2. The Kier molecular flexibility index (Phi) is 5.09. The third-order valence-electron chi connectivity index (χ3n) is 4.54. The van der Waals surface area contributed by atoms with Gasteiger partial charge >= 0.3 is 5.69 Å². The molecular weight excluding hydrogens is 386 g/mol. The molecule has 0 aliphatic heterocycles. The van der Waals surface area contributed by atoms with E-state index in [0.717, 1.165) is 32.6 Å². The van der Waals surface area contributed by atoms with Gasteiger partial charge in [-0.1, -0.05) is 36.0 Å². The molecule has 0 atom stereocenters. The quantitative estimate of drug-likeness (QED) is 0.269. The van der Waals surface area contributed by atoms with Crippen molar-refractivity contribution in [2.75, 3.05) is 5.32 Å². The van der Waals surface area contributed by atoms with Gasteiger partial charge in [-0.15, -0.1) is 0 Å². The summed E-state index contributed by atoms with van der Waals surface area (Å²) in [7, 11) is 0. The molecule has 1 N–H and O–H groups in total. The Morgan fingerprint density at radius 2 is 1.83 bits per heavy atom. The summed E-state index contributed by atoms with van der Waals surface area (Å²) in [5.74, 6) is 0.156. The van der Waals surface area contributed by atoms with Crippen LogP contribution in [-0.4, -0.2) is 19.9 Å². The summed E-state index contributed by atoms with van der Waals surface area (Å²) < 4.78 is 0. The van der Waals surface area contributed by atoms with Crippen molar-refractivity contribution in [1.29, 1.82) is 0 Å². The van der Waals surface area contributed by atoms with E-state index in [4.69, 9.17) is 0 Å². The lowest BCUT2D eigenvalue weighted by Gasteiger charge is -2.10. The number of nitrogens with zero attached hydrogens (tertiary/aromatic N) is 4. The van der Waals surface area contributed by atoms with Gasteiger partial charge in [0.2, 0.25) is 5.82 Å². The first kappa shape index (κ1) is 18.8. The highest BCUT2D eigenvalue weighted by molar-refractivity contribution is 7.99. The van der Waals surface area contributed by atoms with Gasteiger partial charge in [-0.3, -0.25) is 15.1 Å². The number of anilines is 2. The molecule has 4 rings (SSSR count). The van der Waals surface area contributed by atoms with Crippen LogP contribution in [0.2, 0.25) is 0 Å². The number of para-hydroxylation sites is 1. The average molecular weight is 403 g/mol. The Balaban J connectivity index is 1.75. The summed E-state index contributed by atoms with van der Waals surface area (Å²) in [6, 6.07) is 15.3. The fourth-order valence-electron chi connectivity index (χ4n) is 2.91. The number of pyridine rings is 1. The molecule has 2 heterocycles. The summed E-state index contributed by atoms with van der Waals surface area (Å²) in [5.41, 5.74) is 3.58. The molecular formula is C21H17N5O2S. The van der Waals surface area contributed by atoms with Crippen LogP contribution >= 0.6 is 11.8 Å². The highest BCUT2D eigenvalue weighted by Gasteiger charge is 2.24. The number of fused-ring (bicyclic) bond motifs is 1. The van der Waals surface area contributed by atoms with Gasteiger partial charge in [0.05, 0.1) is 10.4 Å². The van der Waals surface area contributed by atoms with Crippen molar-refractivity contribution in [3.63, 3.8) is 0 Å². The van der Waals surface area contributed by atoms with Gasteiger partial charge in [0, 0.05) is 22.2 Å². The minimum atomic E-state index is -0.454. The monoisotopic (exact) mass is 403 g/mol. The van der Waals surface area contributed by atoms with Crippen molar-refractivity contribution in [1.82, 2.24) is 15.0 Å². The third kappa shape index (κ3) is 3.88. The SMILES string of the molecule is Cc1ccc(Nc2ncnc(Sc3cccc4cccnc34)c2[N+](=O)[O-])cc1C. The number of rotatable bonds is 5. The first-order valence-electron chi connectivity index (χ1n) is 8.88. The Bertz CT molecular complexity index is 1220. The van der Waals surface area contributed by atoms with Crippen LogP contribution in [-0.2, 0) is 0 Å². The van der Waals surface area contributed by atoms with Gasteiger partial charge < -0.3 is 5.32 Å². The van der Waals surface area contributed by atoms with Gasteiger partial charge in [0.15, 0.2) is 5.03 Å². The van der Waals surface area contributed by atoms with E-state index >= 15 is 0 Å². The molecule has 0 fully saturated rings. The molecule has 0 radical (unpaired) electrons. The Morgan fingerprint density at radius 1 is 1.00 bits per heavy atom. The topological polar surface area (TPSA) is 93.8 Å². The predicted molar refractivity (Wildman–Crippen MR) is 114 cm³/mol. The van der Waals surface area contributed by atoms with Crippen molar-refractivity contribution in [3.8, 4) is 0 Å². The zero-order valence-corrected chi connectivity index (χ0v) is 16.6. The van der Waals surface area contributed by atoms with Crippen LogP contribution in [0.25, 0.3) is 10.9 Å². The largest absolute Gasteiger partial charge is 0.343 e. The van der Waals surface area contributed by atoms with E-state index in [1.807, 2.05) is 62.4 Å². The van der Waals surface area contributed by atoms with Gasteiger partial charge in [-0.2, -0.15) is 0 Å². The first-order chi connectivity index (χ1) is 14.0. The molecule has 0 amide bonds. The van der Waals surface area contributed by atoms with E-state index in [1.165, 1.54) is 18.1 Å². The average Bonchev–Trinajstić information content (AvgIpc) is 2.71. The van der Waals surface area contributed by atoms with E-state index in [2.05, 4.69) is 20.3 Å². The molecule has 8 heteroatoms. The van der Waals surface area contributed by atoms with Crippen molar-refractivity contribution < 1.29 is 4.92 Å². The molecule has 144 valence electrons. The molecule has 0 saturated carbocycles. The second-order valence-electron chi connectivity index (χ2n) is 6.49. The maximum Gasteiger partial charge on any atom is 0.343 e. The maximum atomic E-state index is 11.9. The first-order valence-corrected chi connectivity index (χ1v) is 9.70. The number of aromatic nitrogens is 3. The Morgan fingerprint density at radius 3 is 2.62 bits per heavy atom. The third-order valence-corrected chi connectivity index (χ3v) is 5.58. The highest BCUT2D eigenvalue weighted by Crippen LogP contribution is 2.39. The number of benzene rings is 2. The van der Waals surface area contributed by atoms with Crippen molar-refractivity contribution in [3.05, 3.63) is 82.3 Å². The standard InChI is InChI=1S/C21H17N5O2S/c1-13-8-9-16(11-14(13)2)25-20-19(26(27)28)21(24-12-23-20)29-17-7-3-5-15-6-4-10-22-18(15)17/h3-12H,1-2H3,(H,23,24,25). The molecule has 0 aliphatic rings. The smallest absolute Gasteiger partial charge is 0.334 e. The van der Waals surface area contributed by atoms with Crippen LogP contribution in [0.3, 0.4) is 0 Å². The number of hydrogen-bond acceptors (Lipinski definition) is 7. The predicted octanol–water partition coefficient (Wildman–Crippen LogP) is 5.44. The zero-order chi connectivity index (χ0) is 20.4. The Labute approximate surface area is 171 Å². The minimum absolute atomic E-state index is 0.156. The molecule has 2 aromatic heterocycles.